The highest BCUT2D eigenvalue weighted by atomic mass is 14.4. The maximum Gasteiger partial charge on any atom is 0.0686 e. The molecule has 0 N–H and O–H groups in total. The molecule has 0 saturated heterocycles. The van der Waals surface area contributed by atoms with Crippen LogP contribution in [0.1, 0.15) is 129 Å². The lowest BCUT2D eigenvalue weighted by molar-refractivity contribution is 0.0899. The molecule has 0 aromatic carbocycles. The third-order valence-electron chi connectivity index (χ3n) is 9.04. The predicted octanol–water partition coefficient (Wildman–Crippen LogP) is 8.68. The minimum Gasteiger partial charge on any atom is -0.198 e. The summed E-state index contributed by atoms with van der Waals surface area (Å²) in [5.41, 5.74) is -0.0192. The summed E-state index contributed by atoms with van der Waals surface area (Å²) in [5.74, 6) is 4.92. The van der Waals surface area contributed by atoms with Crippen LogP contribution in [0.25, 0.3) is 0 Å². The number of rotatable bonds is 8. The molecule has 28 heavy (non-hydrogen) atoms. The Kier molecular flexibility index (Phi) is 8.74. The van der Waals surface area contributed by atoms with Crippen molar-refractivity contribution in [1.82, 2.24) is 0 Å². The summed E-state index contributed by atoms with van der Waals surface area (Å²) in [6.45, 7) is 4.53. The highest BCUT2D eigenvalue weighted by Gasteiger charge is 2.38. The van der Waals surface area contributed by atoms with Crippen molar-refractivity contribution in [2.45, 2.75) is 129 Å². The first-order valence-electron chi connectivity index (χ1n) is 13.0. The second-order valence-electron chi connectivity index (χ2n) is 11.2. The van der Waals surface area contributed by atoms with E-state index >= 15 is 0 Å². The Labute approximate surface area is 176 Å². The highest BCUT2D eigenvalue weighted by molar-refractivity contribution is 5.00. The Bertz CT molecular complexity index is 475. The molecule has 0 radical (unpaired) electrons. The monoisotopic (exact) mass is 385 g/mol. The van der Waals surface area contributed by atoms with Crippen molar-refractivity contribution >= 4 is 0 Å². The second-order valence-corrected chi connectivity index (χ2v) is 11.2. The van der Waals surface area contributed by atoms with Crippen molar-refractivity contribution in [3.05, 3.63) is 0 Å². The van der Waals surface area contributed by atoms with Crippen LogP contribution in [0.4, 0.5) is 0 Å². The van der Waals surface area contributed by atoms with Gasteiger partial charge < -0.3 is 0 Å². The van der Waals surface area contributed by atoms with Gasteiger partial charge in [-0.25, -0.2) is 0 Å². The van der Waals surface area contributed by atoms with Crippen LogP contribution < -0.4 is 0 Å². The molecule has 0 aromatic rings. The van der Waals surface area contributed by atoms with Crippen molar-refractivity contribution in [3.63, 3.8) is 0 Å². The maximum absolute atomic E-state index is 9.54. The Hall–Kier alpha value is -0.510. The fourth-order valence-corrected chi connectivity index (χ4v) is 7.11. The summed E-state index contributed by atoms with van der Waals surface area (Å²) < 4.78 is 0. The van der Waals surface area contributed by atoms with Crippen LogP contribution in [0.5, 0.6) is 0 Å². The van der Waals surface area contributed by atoms with Crippen LogP contribution in [0.15, 0.2) is 0 Å². The molecular weight excluding hydrogens is 338 g/mol. The summed E-state index contributed by atoms with van der Waals surface area (Å²) >= 11 is 0. The molecule has 0 bridgehead atoms. The van der Waals surface area contributed by atoms with Crippen LogP contribution in [0, 0.1) is 46.3 Å². The zero-order valence-corrected chi connectivity index (χ0v) is 19.1. The fourth-order valence-electron chi connectivity index (χ4n) is 7.11. The SMILES string of the molecule is CCCCCCCC1CCC(C2CCC([C@H]3CCC[C@@](C)(C#N)C3)CC2)CC1. The van der Waals surface area contributed by atoms with Gasteiger partial charge in [0.05, 0.1) is 11.5 Å². The quantitative estimate of drug-likeness (QED) is 0.383. The van der Waals surface area contributed by atoms with Gasteiger partial charge in [0.25, 0.3) is 0 Å². The zero-order chi connectivity index (χ0) is 19.8. The van der Waals surface area contributed by atoms with Gasteiger partial charge in [-0.15, -0.1) is 0 Å². The average molecular weight is 386 g/mol. The lowest BCUT2D eigenvalue weighted by Crippen LogP contribution is -2.32. The molecule has 3 aliphatic carbocycles. The van der Waals surface area contributed by atoms with Gasteiger partial charge in [0, 0.05) is 0 Å². The van der Waals surface area contributed by atoms with E-state index in [1.54, 1.807) is 0 Å². The largest absolute Gasteiger partial charge is 0.198 e. The van der Waals surface area contributed by atoms with E-state index in [1.807, 2.05) is 0 Å². The minimum absolute atomic E-state index is 0.0192. The van der Waals surface area contributed by atoms with Crippen LogP contribution >= 0.6 is 0 Å². The molecule has 1 heteroatoms. The Balaban J connectivity index is 1.33. The first-order chi connectivity index (χ1) is 13.6. The number of unbranched alkanes of at least 4 members (excludes halogenated alkanes) is 4. The molecule has 0 unspecified atom stereocenters. The second kappa shape index (κ2) is 11.0. The van der Waals surface area contributed by atoms with Crippen molar-refractivity contribution in [2.75, 3.05) is 0 Å². The Morgan fingerprint density at radius 2 is 1.32 bits per heavy atom. The molecule has 3 aliphatic rings. The van der Waals surface area contributed by atoms with E-state index in [2.05, 4.69) is 19.9 Å². The molecular formula is C27H47N. The summed E-state index contributed by atoms with van der Waals surface area (Å²) in [5, 5.41) is 9.54. The van der Waals surface area contributed by atoms with Gasteiger partial charge in [-0.05, 0) is 87.9 Å². The van der Waals surface area contributed by atoms with E-state index < -0.39 is 0 Å². The van der Waals surface area contributed by atoms with E-state index in [4.69, 9.17) is 0 Å². The lowest BCUT2D eigenvalue weighted by atomic mass is 9.62. The lowest BCUT2D eigenvalue weighted by Gasteiger charge is -2.42. The molecule has 0 aliphatic heterocycles. The van der Waals surface area contributed by atoms with Gasteiger partial charge in [-0.2, -0.15) is 5.26 Å². The van der Waals surface area contributed by atoms with E-state index in [0.717, 1.165) is 36.0 Å². The highest BCUT2D eigenvalue weighted by Crippen LogP contribution is 2.48. The average Bonchev–Trinajstić information content (AvgIpc) is 2.74. The van der Waals surface area contributed by atoms with E-state index in [9.17, 15) is 5.26 Å². The molecule has 2 atom stereocenters. The fraction of sp³-hybridized carbons (Fsp3) is 0.963. The zero-order valence-electron chi connectivity index (χ0n) is 19.1. The van der Waals surface area contributed by atoms with Gasteiger partial charge in [0.15, 0.2) is 0 Å². The van der Waals surface area contributed by atoms with E-state index in [-0.39, 0.29) is 5.41 Å². The van der Waals surface area contributed by atoms with Crippen LogP contribution in [-0.2, 0) is 0 Å². The topological polar surface area (TPSA) is 23.8 Å². The van der Waals surface area contributed by atoms with Crippen LogP contribution in [-0.4, -0.2) is 0 Å². The van der Waals surface area contributed by atoms with Crippen LogP contribution in [0.2, 0.25) is 0 Å². The first kappa shape index (κ1) is 22.2. The summed E-state index contributed by atoms with van der Waals surface area (Å²) in [6.07, 6.45) is 25.8. The van der Waals surface area contributed by atoms with E-state index in [0.29, 0.717) is 0 Å². The maximum atomic E-state index is 9.54. The normalized spacial score (nSPS) is 39.4. The molecule has 1 nitrogen and oxygen atoms in total. The Morgan fingerprint density at radius 1 is 0.750 bits per heavy atom. The number of hydrogen-bond donors (Lipinski definition) is 0. The van der Waals surface area contributed by atoms with Gasteiger partial charge >= 0.3 is 0 Å². The smallest absolute Gasteiger partial charge is 0.0686 e. The predicted molar refractivity (Wildman–Crippen MR) is 120 cm³/mol. The van der Waals surface area contributed by atoms with Gasteiger partial charge in [-0.1, -0.05) is 71.1 Å². The summed E-state index contributed by atoms with van der Waals surface area (Å²) in [4.78, 5) is 0. The first-order valence-corrected chi connectivity index (χ1v) is 13.0. The molecule has 3 fully saturated rings. The molecule has 3 saturated carbocycles. The van der Waals surface area contributed by atoms with Gasteiger partial charge in [-0.3, -0.25) is 0 Å². The van der Waals surface area contributed by atoms with Crippen molar-refractivity contribution in [2.24, 2.45) is 35.0 Å². The molecule has 160 valence electrons. The van der Waals surface area contributed by atoms with Crippen LogP contribution in [0.3, 0.4) is 0 Å². The molecule has 3 rings (SSSR count). The number of nitrogens with zero attached hydrogens (tertiary/aromatic N) is 1. The molecule has 0 aromatic heterocycles. The third-order valence-corrected chi connectivity index (χ3v) is 9.04. The Morgan fingerprint density at radius 3 is 1.93 bits per heavy atom. The molecule has 0 spiro atoms. The summed E-state index contributed by atoms with van der Waals surface area (Å²) in [6, 6.07) is 2.64. The summed E-state index contributed by atoms with van der Waals surface area (Å²) in [7, 11) is 0. The van der Waals surface area contributed by atoms with Crippen molar-refractivity contribution < 1.29 is 0 Å². The van der Waals surface area contributed by atoms with E-state index in [1.165, 1.54) is 109 Å². The number of hydrogen-bond acceptors (Lipinski definition) is 1. The third kappa shape index (κ3) is 6.24. The number of nitriles is 1. The van der Waals surface area contributed by atoms with Crippen molar-refractivity contribution in [3.8, 4) is 6.07 Å². The molecule has 0 amide bonds. The van der Waals surface area contributed by atoms with Crippen molar-refractivity contribution in [1.29, 1.82) is 5.26 Å². The van der Waals surface area contributed by atoms with Gasteiger partial charge in [0.1, 0.15) is 0 Å². The molecule has 0 heterocycles. The van der Waals surface area contributed by atoms with Gasteiger partial charge in [0.2, 0.25) is 0 Å². The minimum atomic E-state index is -0.0192. The standard InChI is InChI=1S/C27H47N/c1-3-4-5-6-7-9-22-11-13-23(14-12-22)24-15-17-25(18-16-24)26-10-8-19-27(2,20-26)21-28/h22-26H,3-20H2,1-2H3/t22?,23?,24?,25?,26-,27+/m0/s1.